The lowest BCUT2D eigenvalue weighted by atomic mass is 10.1. The summed E-state index contributed by atoms with van der Waals surface area (Å²) in [6.07, 6.45) is 1.61. The van der Waals surface area contributed by atoms with Crippen molar-refractivity contribution in [2.75, 3.05) is 5.32 Å². The van der Waals surface area contributed by atoms with Gasteiger partial charge in [-0.2, -0.15) is 0 Å². The molecular weight excluding hydrogens is 287 g/mol. The van der Waals surface area contributed by atoms with Crippen LogP contribution in [0, 0.1) is 19.7 Å². The first kappa shape index (κ1) is 15.9. The summed E-state index contributed by atoms with van der Waals surface area (Å²) in [7, 11) is 0. The number of hydrogen-bond acceptors (Lipinski definition) is 5. The van der Waals surface area contributed by atoms with Gasteiger partial charge >= 0.3 is 0 Å². The van der Waals surface area contributed by atoms with Crippen molar-refractivity contribution in [1.29, 1.82) is 0 Å². The summed E-state index contributed by atoms with van der Waals surface area (Å²) in [6.45, 7) is 10.5. The van der Waals surface area contributed by atoms with E-state index in [4.69, 9.17) is 0 Å². The zero-order chi connectivity index (χ0) is 15.6. The summed E-state index contributed by atoms with van der Waals surface area (Å²) in [5.74, 6) is -0.114. The number of nitrogens with one attached hydrogen (secondary N) is 2. The topological polar surface area (TPSA) is 49.8 Å². The Morgan fingerprint density at radius 3 is 2.57 bits per heavy atom. The minimum absolute atomic E-state index is 0.0627. The van der Waals surface area contributed by atoms with E-state index >= 15 is 0 Å². The fraction of sp³-hybridized carbons (Fsp3) is 0.467. The molecule has 0 saturated carbocycles. The van der Waals surface area contributed by atoms with Gasteiger partial charge in [-0.1, -0.05) is 0 Å². The Kier molecular flexibility index (Phi) is 4.58. The van der Waals surface area contributed by atoms with Gasteiger partial charge < -0.3 is 10.6 Å². The summed E-state index contributed by atoms with van der Waals surface area (Å²) >= 11 is 1.50. The smallest absolute Gasteiger partial charge is 0.188 e. The molecule has 2 rings (SSSR count). The highest BCUT2D eigenvalue weighted by molar-refractivity contribution is 7.15. The Bertz CT molecular complexity index is 612. The van der Waals surface area contributed by atoms with E-state index in [1.165, 1.54) is 11.3 Å². The molecule has 21 heavy (non-hydrogen) atoms. The largest absolute Gasteiger partial charge is 0.314 e. The predicted molar refractivity (Wildman–Crippen MR) is 85.7 cm³/mol. The van der Waals surface area contributed by atoms with E-state index in [1.54, 1.807) is 12.3 Å². The number of aryl methyl sites for hydroxylation is 2. The predicted octanol–water partition coefficient (Wildman–Crippen LogP) is 3.93. The molecular formula is C15H21FN4S. The molecule has 2 N–H and O–H groups in total. The summed E-state index contributed by atoms with van der Waals surface area (Å²) in [4.78, 5) is 9.53. The van der Waals surface area contributed by atoms with Crippen molar-refractivity contribution < 1.29 is 4.39 Å². The van der Waals surface area contributed by atoms with E-state index in [9.17, 15) is 4.39 Å². The molecule has 0 amide bonds. The molecule has 114 valence electrons. The second kappa shape index (κ2) is 6.07. The van der Waals surface area contributed by atoms with Gasteiger partial charge in [-0.25, -0.2) is 14.4 Å². The van der Waals surface area contributed by atoms with Crippen molar-refractivity contribution >= 4 is 22.3 Å². The van der Waals surface area contributed by atoms with Crippen LogP contribution < -0.4 is 10.6 Å². The van der Waals surface area contributed by atoms with E-state index in [0.29, 0.717) is 17.2 Å². The number of nitrogens with zero attached hydrogens (tertiary/aromatic N) is 2. The molecule has 0 aliphatic heterocycles. The van der Waals surface area contributed by atoms with Crippen molar-refractivity contribution in [3.8, 4) is 0 Å². The van der Waals surface area contributed by atoms with Crippen molar-refractivity contribution in [2.24, 2.45) is 0 Å². The first-order valence-corrected chi connectivity index (χ1v) is 7.67. The number of pyridine rings is 1. The molecule has 2 heterocycles. The van der Waals surface area contributed by atoms with Gasteiger partial charge in [0.25, 0.3) is 0 Å². The van der Waals surface area contributed by atoms with Gasteiger partial charge in [0.2, 0.25) is 0 Å². The molecule has 0 aliphatic carbocycles. The number of halogens is 1. The highest BCUT2D eigenvalue weighted by atomic mass is 32.1. The number of rotatable bonds is 4. The Hall–Kier alpha value is -1.53. The van der Waals surface area contributed by atoms with Gasteiger partial charge in [0, 0.05) is 28.7 Å². The van der Waals surface area contributed by atoms with Crippen LogP contribution in [-0.4, -0.2) is 15.5 Å². The summed E-state index contributed by atoms with van der Waals surface area (Å²) < 4.78 is 14.5. The SMILES string of the molecule is Cc1nc(Nc2nccc(CNC(C)(C)C)c2F)sc1C. The van der Waals surface area contributed by atoms with Crippen molar-refractivity contribution in [1.82, 2.24) is 15.3 Å². The lowest BCUT2D eigenvalue weighted by Crippen LogP contribution is -2.35. The Morgan fingerprint density at radius 2 is 2.00 bits per heavy atom. The molecule has 0 bridgehead atoms. The maximum atomic E-state index is 14.5. The molecule has 0 atom stereocenters. The number of anilines is 2. The number of thiazole rings is 1. The van der Waals surface area contributed by atoms with E-state index in [0.717, 1.165) is 10.6 Å². The molecule has 2 aromatic rings. The van der Waals surface area contributed by atoms with Crippen LogP contribution >= 0.6 is 11.3 Å². The highest BCUT2D eigenvalue weighted by Crippen LogP contribution is 2.26. The van der Waals surface area contributed by atoms with E-state index in [2.05, 4.69) is 20.6 Å². The molecule has 6 heteroatoms. The lowest BCUT2D eigenvalue weighted by molar-refractivity contribution is 0.418. The molecule has 0 unspecified atom stereocenters. The van der Waals surface area contributed by atoms with E-state index in [1.807, 2.05) is 34.6 Å². The minimum atomic E-state index is -0.334. The molecule has 0 saturated heterocycles. The van der Waals surface area contributed by atoms with Gasteiger partial charge in [0.05, 0.1) is 5.69 Å². The average molecular weight is 308 g/mol. The van der Waals surface area contributed by atoms with E-state index in [-0.39, 0.29) is 17.2 Å². The van der Waals surface area contributed by atoms with Crippen LogP contribution in [0.15, 0.2) is 12.3 Å². The zero-order valence-electron chi connectivity index (χ0n) is 13.0. The van der Waals surface area contributed by atoms with E-state index < -0.39 is 0 Å². The Balaban J connectivity index is 2.17. The standard InChI is InChI=1S/C15H21FN4S/c1-9-10(2)21-14(19-9)20-13-12(16)11(6-7-17-13)8-18-15(3,4)5/h6-7,18H,8H2,1-5H3,(H,17,19,20). The first-order valence-electron chi connectivity index (χ1n) is 6.86. The van der Waals surface area contributed by atoms with Gasteiger partial charge in [0.1, 0.15) is 0 Å². The second-order valence-corrected chi connectivity index (χ2v) is 7.23. The van der Waals surface area contributed by atoms with Crippen molar-refractivity contribution in [3.63, 3.8) is 0 Å². The second-order valence-electron chi connectivity index (χ2n) is 6.02. The van der Waals surface area contributed by atoms with Crippen LogP contribution in [0.1, 0.15) is 36.9 Å². The Labute approximate surface area is 128 Å². The molecule has 0 aromatic carbocycles. The average Bonchev–Trinajstić information content (AvgIpc) is 2.68. The Morgan fingerprint density at radius 1 is 1.29 bits per heavy atom. The molecule has 2 aromatic heterocycles. The van der Waals surface area contributed by atoms with Gasteiger partial charge in [-0.3, -0.25) is 0 Å². The lowest BCUT2D eigenvalue weighted by Gasteiger charge is -2.21. The zero-order valence-corrected chi connectivity index (χ0v) is 13.9. The third-order valence-electron chi connectivity index (χ3n) is 3.03. The third-order valence-corrected chi connectivity index (χ3v) is 4.02. The fourth-order valence-electron chi connectivity index (χ4n) is 1.70. The minimum Gasteiger partial charge on any atom is -0.314 e. The van der Waals surface area contributed by atoms with Gasteiger partial charge in [-0.05, 0) is 40.7 Å². The normalized spacial score (nSPS) is 11.7. The van der Waals surface area contributed by atoms with Gasteiger partial charge in [0.15, 0.2) is 16.8 Å². The molecule has 4 nitrogen and oxygen atoms in total. The summed E-state index contributed by atoms with van der Waals surface area (Å²) in [5.41, 5.74) is 1.48. The molecule has 0 radical (unpaired) electrons. The van der Waals surface area contributed by atoms with Crippen LogP contribution in [0.4, 0.5) is 15.3 Å². The quantitative estimate of drug-likeness (QED) is 0.898. The maximum absolute atomic E-state index is 14.5. The van der Waals surface area contributed by atoms with Gasteiger partial charge in [-0.15, -0.1) is 11.3 Å². The number of aromatic nitrogens is 2. The van der Waals surface area contributed by atoms with Crippen LogP contribution in [-0.2, 0) is 6.54 Å². The third kappa shape index (κ3) is 4.22. The van der Waals surface area contributed by atoms with Crippen LogP contribution in [0.2, 0.25) is 0 Å². The van der Waals surface area contributed by atoms with Crippen LogP contribution in [0.5, 0.6) is 0 Å². The fourth-order valence-corrected chi connectivity index (χ4v) is 2.51. The molecule has 0 fully saturated rings. The monoisotopic (exact) mass is 308 g/mol. The maximum Gasteiger partial charge on any atom is 0.188 e. The van der Waals surface area contributed by atoms with Crippen molar-refractivity contribution in [2.45, 2.75) is 46.7 Å². The summed E-state index contributed by atoms with van der Waals surface area (Å²) in [5, 5.41) is 6.90. The first-order chi connectivity index (χ1) is 9.76. The molecule has 0 aliphatic rings. The highest BCUT2D eigenvalue weighted by Gasteiger charge is 2.14. The van der Waals surface area contributed by atoms with Crippen LogP contribution in [0.25, 0.3) is 0 Å². The summed E-state index contributed by atoms with van der Waals surface area (Å²) in [6, 6.07) is 1.69. The van der Waals surface area contributed by atoms with Crippen LogP contribution in [0.3, 0.4) is 0 Å². The number of hydrogen-bond donors (Lipinski definition) is 2. The molecule has 0 spiro atoms. The van der Waals surface area contributed by atoms with Crippen molar-refractivity contribution in [3.05, 3.63) is 34.2 Å².